The first-order chi connectivity index (χ1) is 8.29. The molecule has 1 heterocycles. The van der Waals surface area contributed by atoms with Crippen molar-refractivity contribution in [1.82, 2.24) is 0 Å². The average molecular weight is 250 g/mol. The lowest BCUT2D eigenvalue weighted by molar-refractivity contribution is -0.135. The number of aliphatic hydroxyl groups excluding tert-OH is 1. The van der Waals surface area contributed by atoms with Gasteiger partial charge in [0.15, 0.2) is 5.78 Å². The summed E-state index contributed by atoms with van der Waals surface area (Å²) in [5, 5.41) is 10.5. The first-order valence-electron chi connectivity index (χ1n) is 6.83. The Labute approximate surface area is 108 Å². The van der Waals surface area contributed by atoms with Gasteiger partial charge in [0.1, 0.15) is 11.7 Å². The van der Waals surface area contributed by atoms with Crippen molar-refractivity contribution in [1.29, 1.82) is 0 Å². The van der Waals surface area contributed by atoms with Crippen molar-refractivity contribution in [2.45, 2.75) is 57.8 Å². The minimum absolute atomic E-state index is 0.170. The topological polar surface area (TPSA) is 49.8 Å². The van der Waals surface area contributed by atoms with Crippen LogP contribution in [0.15, 0.2) is 12.2 Å². The standard InChI is InChI=1S/C15H22O3/c1-8(2)9-5-11-14(3,12(17)6-9)7-10(16)13-15(11,4)18-13/h9,11-13,17H,1,5-7H2,2-4H3/t9-,11+,12-,13+,14-,15-/m1/s1. The molecule has 3 nitrogen and oxygen atoms in total. The molecule has 0 spiro atoms. The summed E-state index contributed by atoms with van der Waals surface area (Å²) in [4.78, 5) is 12.0. The van der Waals surface area contributed by atoms with Crippen LogP contribution in [0.4, 0.5) is 0 Å². The molecule has 3 fully saturated rings. The summed E-state index contributed by atoms with van der Waals surface area (Å²) in [5.41, 5.74) is 0.484. The Balaban J connectivity index is 1.96. The minimum atomic E-state index is -0.427. The number of rotatable bonds is 1. The molecule has 0 aromatic carbocycles. The summed E-state index contributed by atoms with van der Waals surface area (Å²) in [6.45, 7) is 10.1. The van der Waals surface area contributed by atoms with Crippen molar-refractivity contribution in [3.05, 3.63) is 12.2 Å². The average Bonchev–Trinajstić information content (AvgIpc) is 2.95. The maximum Gasteiger partial charge on any atom is 0.165 e. The highest BCUT2D eigenvalue weighted by Gasteiger charge is 2.71. The highest BCUT2D eigenvalue weighted by atomic mass is 16.6. The minimum Gasteiger partial charge on any atom is -0.393 e. The Morgan fingerprint density at radius 2 is 2.11 bits per heavy atom. The maximum atomic E-state index is 12.0. The zero-order valence-electron chi connectivity index (χ0n) is 11.4. The molecule has 3 heteroatoms. The molecule has 6 atom stereocenters. The lowest BCUT2D eigenvalue weighted by atomic mass is 9.53. The number of fused-ring (bicyclic) bond motifs is 3. The van der Waals surface area contributed by atoms with E-state index in [0.29, 0.717) is 12.3 Å². The third-order valence-electron chi connectivity index (χ3n) is 5.66. The third kappa shape index (κ3) is 1.41. The van der Waals surface area contributed by atoms with Crippen LogP contribution in [0.25, 0.3) is 0 Å². The summed E-state index contributed by atoms with van der Waals surface area (Å²) in [6, 6.07) is 0. The van der Waals surface area contributed by atoms with Crippen LogP contribution >= 0.6 is 0 Å². The van der Waals surface area contributed by atoms with Crippen LogP contribution in [0.2, 0.25) is 0 Å². The quantitative estimate of drug-likeness (QED) is 0.572. The number of allylic oxidation sites excluding steroid dienone is 1. The Morgan fingerprint density at radius 1 is 1.44 bits per heavy atom. The van der Waals surface area contributed by atoms with Crippen LogP contribution in [0, 0.1) is 17.3 Å². The third-order valence-corrected chi connectivity index (χ3v) is 5.66. The van der Waals surface area contributed by atoms with Gasteiger partial charge in [0.2, 0.25) is 0 Å². The second-order valence-corrected chi connectivity index (χ2v) is 6.91. The number of hydrogen-bond donors (Lipinski definition) is 1. The Bertz CT molecular complexity index is 429. The van der Waals surface area contributed by atoms with Gasteiger partial charge in [-0.15, -0.1) is 0 Å². The van der Waals surface area contributed by atoms with Gasteiger partial charge < -0.3 is 9.84 Å². The predicted octanol–water partition coefficient (Wildman–Crippen LogP) is 2.09. The number of epoxide rings is 1. The van der Waals surface area contributed by atoms with Crippen LogP contribution in [0.5, 0.6) is 0 Å². The molecular formula is C15H22O3. The van der Waals surface area contributed by atoms with Crippen LogP contribution in [0.1, 0.15) is 40.0 Å². The summed E-state index contributed by atoms with van der Waals surface area (Å²) in [5.74, 6) is 0.787. The second kappa shape index (κ2) is 3.45. The molecule has 0 amide bonds. The fourth-order valence-electron chi connectivity index (χ4n) is 4.29. The first kappa shape index (κ1) is 12.4. The number of aliphatic hydroxyl groups is 1. The molecule has 0 radical (unpaired) electrons. The zero-order valence-corrected chi connectivity index (χ0v) is 11.4. The van der Waals surface area contributed by atoms with Gasteiger partial charge in [-0.05, 0) is 38.5 Å². The molecule has 1 saturated heterocycles. The van der Waals surface area contributed by atoms with Crippen molar-refractivity contribution in [2.24, 2.45) is 17.3 Å². The highest BCUT2D eigenvalue weighted by Crippen LogP contribution is 2.62. The van der Waals surface area contributed by atoms with Gasteiger partial charge in [0.25, 0.3) is 0 Å². The molecule has 3 rings (SSSR count). The molecular weight excluding hydrogens is 228 g/mol. The van der Waals surface area contributed by atoms with Gasteiger partial charge in [-0.2, -0.15) is 0 Å². The molecule has 0 aromatic rings. The lowest BCUT2D eigenvalue weighted by Crippen LogP contribution is -2.55. The lowest BCUT2D eigenvalue weighted by Gasteiger charge is -2.51. The summed E-state index contributed by atoms with van der Waals surface area (Å²) >= 11 is 0. The van der Waals surface area contributed by atoms with Crippen LogP contribution in [-0.4, -0.2) is 28.7 Å². The van der Waals surface area contributed by atoms with Crippen LogP contribution in [-0.2, 0) is 9.53 Å². The van der Waals surface area contributed by atoms with Crippen molar-refractivity contribution >= 4 is 5.78 Å². The SMILES string of the molecule is C=C(C)[C@H]1C[C@@H](O)[C@]2(C)CC(=O)[C@@H]3O[C@]3(C)[C@H]2C1. The van der Waals surface area contributed by atoms with E-state index in [-0.39, 0.29) is 28.8 Å². The van der Waals surface area contributed by atoms with E-state index < -0.39 is 6.10 Å². The molecule has 18 heavy (non-hydrogen) atoms. The fourth-order valence-corrected chi connectivity index (χ4v) is 4.29. The Hall–Kier alpha value is -0.670. The summed E-state index contributed by atoms with van der Waals surface area (Å²) < 4.78 is 5.70. The molecule has 0 aromatic heterocycles. The van der Waals surface area contributed by atoms with E-state index in [4.69, 9.17) is 4.74 Å². The van der Waals surface area contributed by atoms with Crippen molar-refractivity contribution in [3.8, 4) is 0 Å². The van der Waals surface area contributed by atoms with Gasteiger partial charge in [-0.25, -0.2) is 0 Å². The highest BCUT2D eigenvalue weighted by molar-refractivity contribution is 5.89. The molecule has 2 saturated carbocycles. The summed E-state index contributed by atoms with van der Waals surface area (Å²) in [6.07, 6.45) is 1.54. The van der Waals surface area contributed by atoms with Gasteiger partial charge in [-0.1, -0.05) is 19.1 Å². The molecule has 3 aliphatic rings. The smallest absolute Gasteiger partial charge is 0.165 e. The first-order valence-corrected chi connectivity index (χ1v) is 6.83. The van der Waals surface area contributed by atoms with Crippen molar-refractivity contribution < 1.29 is 14.6 Å². The largest absolute Gasteiger partial charge is 0.393 e. The van der Waals surface area contributed by atoms with E-state index in [9.17, 15) is 9.90 Å². The van der Waals surface area contributed by atoms with E-state index in [1.807, 2.05) is 13.8 Å². The molecule has 1 N–H and O–H groups in total. The predicted molar refractivity (Wildman–Crippen MR) is 68.0 cm³/mol. The normalized spacial score (nSPS) is 54.6. The van der Waals surface area contributed by atoms with Gasteiger partial charge in [0.05, 0.1) is 6.10 Å². The van der Waals surface area contributed by atoms with Crippen LogP contribution in [0.3, 0.4) is 0 Å². The molecule has 0 unspecified atom stereocenters. The van der Waals surface area contributed by atoms with E-state index in [1.54, 1.807) is 0 Å². The summed E-state index contributed by atoms with van der Waals surface area (Å²) in [7, 11) is 0. The van der Waals surface area contributed by atoms with Gasteiger partial charge >= 0.3 is 0 Å². The molecule has 2 aliphatic carbocycles. The number of Topliss-reactive ketones (excluding diaryl/α,β-unsaturated/α-hetero) is 1. The second-order valence-electron chi connectivity index (χ2n) is 6.91. The number of carbonyl (C=O) groups is 1. The number of ether oxygens (including phenoxy) is 1. The number of hydrogen-bond acceptors (Lipinski definition) is 3. The Kier molecular flexibility index (Phi) is 2.37. The maximum absolute atomic E-state index is 12.0. The van der Waals surface area contributed by atoms with Crippen LogP contribution < -0.4 is 0 Å². The van der Waals surface area contributed by atoms with Crippen molar-refractivity contribution in [2.75, 3.05) is 0 Å². The van der Waals surface area contributed by atoms with Crippen molar-refractivity contribution in [3.63, 3.8) is 0 Å². The molecule has 0 bridgehead atoms. The Morgan fingerprint density at radius 3 is 2.72 bits per heavy atom. The molecule has 100 valence electrons. The molecule has 1 aliphatic heterocycles. The van der Waals surface area contributed by atoms with Gasteiger partial charge in [0, 0.05) is 11.8 Å². The monoisotopic (exact) mass is 250 g/mol. The van der Waals surface area contributed by atoms with E-state index >= 15 is 0 Å². The van der Waals surface area contributed by atoms with Gasteiger partial charge in [-0.3, -0.25) is 4.79 Å². The fraction of sp³-hybridized carbons (Fsp3) is 0.800. The number of carbonyl (C=O) groups excluding carboxylic acids is 1. The van der Waals surface area contributed by atoms with E-state index in [2.05, 4.69) is 13.5 Å². The zero-order chi connectivity index (χ0) is 13.3. The number of ketones is 1. The van der Waals surface area contributed by atoms with E-state index in [1.165, 1.54) is 0 Å². The van der Waals surface area contributed by atoms with E-state index in [0.717, 1.165) is 18.4 Å².